The smallest absolute Gasteiger partial charge is 0.227 e. The van der Waals surface area contributed by atoms with Crippen molar-refractivity contribution < 1.29 is 17.9 Å². The predicted molar refractivity (Wildman–Crippen MR) is 66.7 cm³/mol. The van der Waals surface area contributed by atoms with Gasteiger partial charge < -0.3 is 9.67 Å². The third-order valence-corrected chi connectivity index (χ3v) is 3.65. The highest BCUT2D eigenvalue weighted by atomic mass is 32.2. The second-order valence-corrected chi connectivity index (χ2v) is 6.08. The lowest BCUT2D eigenvalue weighted by Gasteiger charge is -2.14. The molecular formula is C12H13FN2O3S. The molecule has 0 amide bonds. The average Bonchev–Trinajstić information content (AvgIpc) is 2.77. The van der Waals surface area contributed by atoms with E-state index >= 15 is 0 Å². The van der Waals surface area contributed by atoms with Gasteiger partial charge in [0.25, 0.3) is 0 Å². The number of hydrogen-bond acceptors (Lipinski definition) is 4. The second-order valence-electron chi connectivity index (χ2n) is 4.17. The van der Waals surface area contributed by atoms with Gasteiger partial charge in [0.15, 0.2) is 0 Å². The summed E-state index contributed by atoms with van der Waals surface area (Å²) in [6, 6.07) is 5.82. The Kier molecular flexibility index (Phi) is 3.68. The topological polar surface area (TPSA) is 72.2 Å². The van der Waals surface area contributed by atoms with Gasteiger partial charge >= 0.3 is 0 Å². The molecule has 1 aromatic carbocycles. The van der Waals surface area contributed by atoms with Crippen LogP contribution in [0.1, 0.15) is 11.7 Å². The van der Waals surface area contributed by atoms with Crippen LogP contribution in [0.25, 0.3) is 0 Å². The molecule has 0 saturated carbocycles. The van der Waals surface area contributed by atoms with Crippen molar-refractivity contribution in [3.63, 3.8) is 0 Å². The van der Waals surface area contributed by atoms with Crippen molar-refractivity contribution in [2.75, 3.05) is 6.26 Å². The molecule has 102 valence electrons. The van der Waals surface area contributed by atoms with Crippen LogP contribution in [0.15, 0.2) is 41.8 Å². The molecule has 1 unspecified atom stereocenters. The van der Waals surface area contributed by atoms with E-state index in [9.17, 15) is 17.9 Å². The van der Waals surface area contributed by atoms with E-state index in [2.05, 4.69) is 4.98 Å². The summed E-state index contributed by atoms with van der Waals surface area (Å²) < 4.78 is 37.7. The molecule has 7 heteroatoms. The van der Waals surface area contributed by atoms with E-state index in [0.717, 1.165) is 6.26 Å². The van der Waals surface area contributed by atoms with Crippen LogP contribution < -0.4 is 0 Å². The molecule has 2 rings (SSSR count). The number of sulfone groups is 1. The van der Waals surface area contributed by atoms with Gasteiger partial charge in [-0.05, 0) is 6.07 Å². The Hall–Kier alpha value is -1.73. The van der Waals surface area contributed by atoms with Crippen LogP contribution >= 0.6 is 0 Å². The van der Waals surface area contributed by atoms with Gasteiger partial charge in [-0.25, -0.2) is 17.8 Å². The molecule has 0 aliphatic rings. The molecule has 0 bridgehead atoms. The van der Waals surface area contributed by atoms with Crippen LogP contribution in [0.5, 0.6) is 0 Å². The lowest BCUT2D eigenvalue weighted by molar-refractivity contribution is 0.148. The number of hydrogen-bond donors (Lipinski definition) is 1. The Bertz CT molecular complexity index is 682. The highest BCUT2D eigenvalue weighted by Crippen LogP contribution is 2.19. The number of imidazole rings is 1. The van der Waals surface area contributed by atoms with Gasteiger partial charge in [0.1, 0.15) is 5.82 Å². The standard InChI is InChI=1S/C12H13FN2O3S/c1-19(17,18)12-14-6-7-15(12)8-11(16)9-4-2-3-5-10(9)13/h2-7,11,16H,8H2,1H3. The van der Waals surface area contributed by atoms with Crippen LogP contribution in [-0.2, 0) is 16.4 Å². The van der Waals surface area contributed by atoms with Crippen molar-refractivity contribution in [2.24, 2.45) is 0 Å². The lowest BCUT2D eigenvalue weighted by atomic mass is 10.1. The number of rotatable bonds is 4. The molecule has 1 N–H and O–H groups in total. The first-order chi connectivity index (χ1) is 8.89. The minimum Gasteiger partial charge on any atom is -0.386 e. The Labute approximate surface area is 110 Å². The van der Waals surface area contributed by atoms with Gasteiger partial charge in [0.2, 0.25) is 15.0 Å². The van der Waals surface area contributed by atoms with Gasteiger partial charge in [-0.2, -0.15) is 0 Å². The molecule has 1 aromatic heterocycles. The highest BCUT2D eigenvalue weighted by molar-refractivity contribution is 7.90. The van der Waals surface area contributed by atoms with E-state index in [4.69, 9.17) is 0 Å². The van der Waals surface area contributed by atoms with E-state index in [0.29, 0.717) is 0 Å². The first kappa shape index (κ1) is 13.7. The summed E-state index contributed by atoms with van der Waals surface area (Å²) in [4.78, 5) is 3.73. The quantitative estimate of drug-likeness (QED) is 0.914. The number of benzene rings is 1. The maximum absolute atomic E-state index is 13.5. The molecule has 19 heavy (non-hydrogen) atoms. The SMILES string of the molecule is CS(=O)(=O)c1nccn1CC(O)c1ccccc1F. The van der Waals surface area contributed by atoms with Crippen molar-refractivity contribution in [3.8, 4) is 0 Å². The number of aromatic nitrogens is 2. The minimum atomic E-state index is -3.48. The Morgan fingerprint density at radius 3 is 2.74 bits per heavy atom. The van der Waals surface area contributed by atoms with Crippen molar-refractivity contribution in [1.29, 1.82) is 0 Å². The Balaban J connectivity index is 2.28. The molecule has 1 heterocycles. The summed E-state index contributed by atoms with van der Waals surface area (Å²) in [6.45, 7) is -0.0800. The average molecular weight is 284 g/mol. The van der Waals surface area contributed by atoms with Crippen molar-refractivity contribution >= 4 is 9.84 Å². The van der Waals surface area contributed by atoms with Crippen molar-refractivity contribution in [3.05, 3.63) is 48.0 Å². The first-order valence-corrected chi connectivity index (χ1v) is 7.42. The fourth-order valence-electron chi connectivity index (χ4n) is 1.79. The number of halogens is 1. The molecule has 1 atom stereocenters. The fourth-order valence-corrected chi connectivity index (χ4v) is 2.61. The molecule has 0 radical (unpaired) electrons. The lowest BCUT2D eigenvalue weighted by Crippen LogP contribution is -2.14. The maximum Gasteiger partial charge on any atom is 0.227 e. The van der Waals surface area contributed by atoms with E-state index in [1.54, 1.807) is 6.07 Å². The van der Waals surface area contributed by atoms with Gasteiger partial charge in [0.05, 0.1) is 12.6 Å². The third kappa shape index (κ3) is 2.99. The van der Waals surface area contributed by atoms with Gasteiger partial charge in [-0.1, -0.05) is 18.2 Å². The van der Waals surface area contributed by atoms with Crippen LogP contribution in [0.4, 0.5) is 4.39 Å². The first-order valence-electron chi connectivity index (χ1n) is 5.53. The van der Waals surface area contributed by atoms with Crippen molar-refractivity contribution in [1.82, 2.24) is 9.55 Å². The minimum absolute atomic E-state index is 0.0800. The summed E-state index contributed by atoms with van der Waals surface area (Å²) in [5.41, 5.74) is 0.121. The van der Waals surface area contributed by atoms with Gasteiger partial charge in [-0.3, -0.25) is 0 Å². The molecule has 0 spiro atoms. The maximum atomic E-state index is 13.5. The molecule has 0 saturated heterocycles. The molecule has 2 aromatic rings. The van der Waals surface area contributed by atoms with Crippen LogP contribution in [0.3, 0.4) is 0 Å². The molecule has 5 nitrogen and oxygen atoms in total. The summed E-state index contributed by atoms with van der Waals surface area (Å²) in [5.74, 6) is -0.531. The predicted octanol–water partition coefficient (Wildman–Crippen LogP) is 1.16. The molecule has 0 aliphatic heterocycles. The summed E-state index contributed by atoms with van der Waals surface area (Å²) in [7, 11) is -3.48. The molecule has 0 aliphatic carbocycles. The summed E-state index contributed by atoms with van der Waals surface area (Å²) >= 11 is 0. The van der Waals surface area contributed by atoms with Crippen LogP contribution in [0.2, 0.25) is 0 Å². The third-order valence-electron chi connectivity index (χ3n) is 2.64. The summed E-state index contributed by atoms with van der Waals surface area (Å²) in [6.07, 6.45) is 2.64. The summed E-state index contributed by atoms with van der Waals surface area (Å²) in [5, 5.41) is 9.83. The zero-order valence-corrected chi connectivity index (χ0v) is 11.0. The fraction of sp³-hybridized carbons (Fsp3) is 0.250. The second kappa shape index (κ2) is 5.10. The number of aliphatic hydroxyl groups is 1. The van der Waals surface area contributed by atoms with Crippen LogP contribution in [-0.4, -0.2) is 29.3 Å². The van der Waals surface area contributed by atoms with E-state index in [1.165, 1.54) is 35.2 Å². The molecule has 0 fully saturated rings. The zero-order valence-electron chi connectivity index (χ0n) is 10.2. The zero-order chi connectivity index (χ0) is 14.0. The number of aliphatic hydroxyl groups excluding tert-OH is 1. The van der Waals surface area contributed by atoms with Crippen LogP contribution in [0, 0.1) is 5.82 Å². The highest BCUT2D eigenvalue weighted by Gasteiger charge is 2.19. The largest absolute Gasteiger partial charge is 0.386 e. The van der Waals surface area contributed by atoms with Gasteiger partial charge in [-0.15, -0.1) is 0 Å². The number of nitrogens with zero attached hydrogens (tertiary/aromatic N) is 2. The Morgan fingerprint density at radius 2 is 2.11 bits per heavy atom. The van der Waals surface area contributed by atoms with E-state index in [-0.39, 0.29) is 17.3 Å². The Morgan fingerprint density at radius 1 is 1.42 bits per heavy atom. The normalized spacial score (nSPS) is 13.4. The van der Waals surface area contributed by atoms with E-state index < -0.39 is 21.8 Å². The van der Waals surface area contributed by atoms with Crippen molar-refractivity contribution in [2.45, 2.75) is 17.8 Å². The molecular weight excluding hydrogens is 271 g/mol. The van der Waals surface area contributed by atoms with E-state index in [1.807, 2.05) is 0 Å². The van der Waals surface area contributed by atoms with Gasteiger partial charge in [0, 0.05) is 24.2 Å². The monoisotopic (exact) mass is 284 g/mol.